The first-order chi connectivity index (χ1) is 16.4. The molecule has 0 saturated carbocycles. The number of pyridine rings is 1. The Labute approximate surface area is 202 Å². The predicted octanol–water partition coefficient (Wildman–Crippen LogP) is 5.85. The van der Waals surface area contributed by atoms with Crippen molar-refractivity contribution in [3.8, 4) is 28.7 Å². The van der Waals surface area contributed by atoms with Crippen molar-refractivity contribution in [2.75, 3.05) is 6.61 Å². The van der Waals surface area contributed by atoms with E-state index in [4.69, 9.17) is 25.6 Å². The summed E-state index contributed by atoms with van der Waals surface area (Å²) in [5.74, 6) is 0.734. The Hall–Kier alpha value is -3.39. The predicted molar refractivity (Wildman–Crippen MR) is 130 cm³/mol. The highest BCUT2D eigenvalue weighted by molar-refractivity contribution is 6.32. The molecule has 3 aromatic heterocycles. The minimum Gasteiger partial charge on any atom is -0.474 e. The van der Waals surface area contributed by atoms with Gasteiger partial charge in [0.25, 0.3) is 5.89 Å². The van der Waals surface area contributed by atoms with Crippen LogP contribution in [0, 0.1) is 5.92 Å². The van der Waals surface area contributed by atoms with Gasteiger partial charge in [-0.1, -0.05) is 29.7 Å². The molecule has 0 aliphatic carbocycles. The van der Waals surface area contributed by atoms with Gasteiger partial charge in [0.05, 0.1) is 29.7 Å². The number of benzene rings is 1. The largest absolute Gasteiger partial charge is 0.474 e. The highest BCUT2D eigenvalue weighted by atomic mass is 35.5. The fourth-order valence-corrected chi connectivity index (χ4v) is 4.01. The van der Waals surface area contributed by atoms with E-state index < -0.39 is 0 Å². The van der Waals surface area contributed by atoms with Crippen molar-refractivity contribution < 1.29 is 18.8 Å². The van der Waals surface area contributed by atoms with Crippen molar-refractivity contribution in [3.63, 3.8) is 0 Å². The summed E-state index contributed by atoms with van der Waals surface area (Å²) in [5.41, 5.74) is 3.32. The van der Waals surface area contributed by atoms with Crippen LogP contribution < -0.4 is 4.74 Å². The number of esters is 1. The second-order valence-corrected chi connectivity index (χ2v) is 8.61. The first-order valence-corrected chi connectivity index (χ1v) is 11.7. The average Bonchev–Trinajstić information content (AvgIpc) is 3.49. The number of carbonyl (C=O) groups is 1. The molecule has 4 aromatic rings. The van der Waals surface area contributed by atoms with Crippen LogP contribution in [0.5, 0.6) is 5.88 Å². The maximum atomic E-state index is 12.3. The lowest BCUT2D eigenvalue weighted by molar-refractivity contribution is -0.148. The molecule has 34 heavy (non-hydrogen) atoms. The molecule has 3 heterocycles. The highest BCUT2D eigenvalue weighted by Gasteiger charge is 2.21. The fourth-order valence-electron chi connectivity index (χ4n) is 3.80. The van der Waals surface area contributed by atoms with Gasteiger partial charge < -0.3 is 19.0 Å². The molecule has 4 rings (SSSR count). The van der Waals surface area contributed by atoms with E-state index in [1.54, 1.807) is 12.3 Å². The Morgan fingerprint density at radius 1 is 1.24 bits per heavy atom. The van der Waals surface area contributed by atoms with E-state index in [2.05, 4.69) is 20.1 Å². The second-order valence-electron chi connectivity index (χ2n) is 8.20. The Morgan fingerprint density at radius 2 is 2.06 bits per heavy atom. The zero-order valence-electron chi connectivity index (χ0n) is 19.6. The van der Waals surface area contributed by atoms with E-state index in [1.807, 2.05) is 52.1 Å². The van der Waals surface area contributed by atoms with Gasteiger partial charge in [-0.05, 0) is 57.4 Å². The summed E-state index contributed by atoms with van der Waals surface area (Å²) in [4.78, 5) is 24.4. The lowest BCUT2D eigenvalue weighted by atomic mass is 9.93. The van der Waals surface area contributed by atoms with Crippen LogP contribution in [0.25, 0.3) is 33.7 Å². The summed E-state index contributed by atoms with van der Waals surface area (Å²) in [6.07, 6.45) is 4.71. The summed E-state index contributed by atoms with van der Waals surface area (Å²) < 4.78 is 16.3. The fraction of sp³-hybridized carbons (Fsp3) is 0.360. The average molecular weight is 483 g/mol. The summed E-state index contributed by atoms with van der Waals surface area (Å²) in [6.45, 7) is 8.00. The van der Waals surface area contributed by atoms with Crippen molar-refractivity contribution in [1.29, 1.82) is 0 Å². The molecule has 0 radical (unpaired) electrons. The van der Waals surface area contributed by atoms with Crippen LogP contribution in [0.2, 0.25) is 5.02 Å². The lowest BCUT2D eigenvalue weighted by Crippen LogP contribution is -2.19. The van der Waals surface area contributed by atoms with Crippen LogP contribution in [-0.4, -0.2) is 38.8 Å². The molecular formula is C25H27ClN4O4. The van der Waals surface area contributed by atoms with Crippen LogP contribution >= 0.6 is 11.6 Å². The van der Waals surface area contributed by atoms with Crippen molar-refractivity contribution in [3.05, 3.63) is 47.2 Å². The third kappa shape index (κ3) is 4.92. The molecule has 1 aromatic carbocycles. The smallest absolute Gasteiger partial charge is 0.309 e. The first kappa shape index (κ1) is 23.8. The molecule has 0 bridgehead atoms. The van der Waals surface area contributed by atoms with Crippen molar-refractivity contribution in [2.45, 2.75) is 46.6 Å². The molecule has 1 N–H and O–H groups in total. The monoisotopic (exact) mass is 482 g/mol. The van der Waals surface area contributed by atoms with Crippen molar-refractivity contribution in [1.82, 2.24) is 20.1 Å². The first-order valence-electron chi connectivity index (χ1n) is 11.3. The Bertz CT molecular complexity index is 1300. The minimum absolute atomic E-state index is 0.0399. The highest BCUT2D eigenvalue weighted by Crippen LogP contribution is 2.33. The SMILES string of the molecule is CCOC(=O)C(CC)Cc1ccc(-c2noc(-c3cnc(OC(C)C)c(Cl)c3)n2)c2[nH]ccc12. The number of carbonyl (C=O) groups excluding carboxylic acids is 1. The summed E-state index contributed by atoms with van der Waals surface area (Å²) in [7, 11) is 0. The van der Waals surface area contributed by atoms with Crippen LogP contribution in [-0.2, 0) is 16.0 Å². The number of rotatable bonds is 9. The lowest BCUT2D eigenvalue weighted by Gasteiger charge is -2.14. The van der Waals surface area contributed by atoms with Crippen molar-refractivity contribution >= 4 is 28.5 Å². The van der Waals surface area contributed by atoms with E-state index in [0.29, 0.717) is 47.6 Å². The zero-order valence-corrected chi connectivity index (χ0v) is 20.3. The van der Waals surface area contributed by atoms with Gasteiger partial charge in [-0.25, -0.2) is 4.98 Å². The van der Waals surface area contributed by atoms with Crippen LogP contribution in [0.3, 0.4) is 0 Å². The van der Waals surface area contributed by atoms with Gasteiger partial charge in [-0.15, -0.1) is 0 Å². The molecule has 0 amide bonds. The van der Waals surface area contributed by atoms with E-state index in [1.165, 1.54) is 0 Å². The molecule has 178 valence electrons. The number of halogens is 1. The molecule has 0 aliphatic rings. The van der Waals surface area contributed by atoms with Gasteiger partial charge in [0, 0.05) is 23.3 Å². The number of ether oxygens (including phenoxy) is 2. The zero-order chi connectivity index (χ0) is 24.2. The number of fused-ring (bicyclic) bond motifs is 1. The number of H-pyrrole nitrogens is 1. The van der Waals surface area contributed by atoms with Gasteiger partial charge in [-0.3, -0.25) is 4.79 Å². The maximum absolute atomic E-state index is 12.3. The number of aromatic amines is 1. The summed E-state index contributed by atoms with van der Waals surface area (Å²) in [6, 6.07) is 7.62. The van der Waals surface area contributed by atoms with E-state index in [0.717, 1.165) is 22.0 Å². The van der Waals surface area contributed by atoms with Gasteiger partial charge in [0.15, 0.2) is 0 Å². The number of nitrogens with zero attached hydrogens (tertiary/aromatic N) is 3. The van der Waals surface area contributed by atoms with Gasteiger partial charge in [-0.2, -0.15) is 4.98 Å². The van der Waals surface area contributed by atoms with Gasteiger partial charge in [0.2, 0.25) is 11.7 Å². The quantitative estimate of drug-likeness (QED) is 0.298. The molecule has 1 atom stereocenters. The molecule has 0 saturated heterocycles. The van der Waals surface area contributed by atoms with E-state index in [-0.39, 0.29) is 18.0 Å². The third-order valence-corrected chi connectivity index (χ3v) is 5.73. The molecule has 0 fully saturated rings. The Balaban J connectivity index is 1.62. The van der Waals surface area contributed by atoms with E-state index >= 15 is 0 Å². The Kier molecular flexibility index (Phi) is 7.17. The molecule has 0 aliphatic heterocycles. The molecular weight excluding hydrogens is 456 g/mol. The van der Waals surface area contributed by atoms with E-state index in [9.17, 15) is 4.79 Å². The summed E-state index contributed by atoms with van der Waals surface area (Å²) in [5, 5.41) is 5.55. The topological polar surface area (TPSA) is 103 Å². The molecule has 1 unspecified atom stereocenters. The van der Waals surface area contributed by atoms with Gasteiger partial charge in [0.1, 0.15) is 5.02 Å². The summed E-state index contributed by atoms with van der Waals surface area (Å²) >= 11 is 6.31. The van der Waals surface area contributed by atoms with Crippen molar-refractivity contribution in [2.24, 2.45) is 5.92 Å². The molecule has 0 spiro atoms. The standard InChI is InChI=1S/C25H27ClN4O4/c1-5-15(25(31)32-6-2)11-16-7-8-19(21-18(16)9-10-27-21)22-29-23(34-30-22)17-12-20(26)24(28-13-17)33-14(3)4/h7-10,12-15,27H,5-6,11H2,1-4H3. The number of hydrogen-bond acceptors (Lipinski definition) is 7. The molecule has 8 nitrogen and oxygen atoms in total. The second kappa shape index (κ2) is 10.3. The number of aromatic nitrogens is 4. The van der Waals surface area contributed by atoms with Crippen LogP contribution in [0.4, 0.5) is 0 Å². The van der Waals surface area contributed by atoms with Gasteiger partial charge >= 0.3 is 5.97 Å². The minimum atomic E-state index is -0.194. The molecule has 9 heteroatoms. The Morgan fingerprint density at radius 3 is 2.76 bits per heavy atom. The normalized spacial score (nSPS) is 12.3. The maximum Gasteiger partial charge on any atom is 0.309 e. The number of hydrogen-bond donors (Lipinski definition) is 1. The third-order valence-electron chi connectivity index (χ3n) is 5.46. The van der Waals surface area contributed by atoms with Crippen LogP contribution in [0.15, 0.2) is 41.2 Å². The van der Waals surface area contributed by atoms with Crippen LogP contribution in [0.1, 0.15) is 39.7 Å². The number of nitrogens with one attached hydrogen (secondary N) is 1.